The number of hydrogen-bond acceptors (Lipinski definition) is 2. The number of ether oxygens (including phenoxy) is 1. The predicted molar refractivity (Wildman–Crippen MR) is 73.6 cm³/mol. The van der Waals surface area contributed by atoms with Crippen LogP contribution in [0.3, 0.4) is 0 Å². The molecule has 1 fully saturated rings. The van der Waals surface area contributed by atoms with Crippen molar-refractivity contribution in [3.63, 3.8) is 0 Å². The first kappa shape index (κ1) is 12.2. The minimum atomic E-state index is 0.226. The van der Waals surface area contributed by atoms with E-state index in [0.717, 1.165) is 26.2 Å². The zero-order chi connectivity index (χ0) is 12.4. The monoisotopic (exact) mass is 245 g/mol. The Balaban J connectivity index is 2.04. The summed E-state index contributed by atoms with van der Waals surface area (Å²) in [6, 6.07) is 6.77. The minimum absolute atomic E-state index is 0.226. The van der Waals surface area contributed by atoms with Crippen LogP contribution in [0, 0.1) is 0 Å². The third kappa shape index (κ3) is 1.98. The number of hydrogen-bond donors (Lipinski definition) is 1. The van der Waals surface area contributed by atoms with Crippen LogP contribution in [0.5, 0.6) is 0 Å². The third-order valence-corrected chi connectivity index (χ3v) is 4.81. The topological polar surface area (TPSA) is 35.2 Å². The van der Waals surface area contributed by atoms with Gasteiger partial charge in [0.25, 0.3) is 0 Å². The fraction of sp³-hybridized carbons (Fsp3) is 0.625. The summed E-state index contributed by atoms with van der Waals surface area (Å²) >= 11 is 0. The van der Waals surface area contributed by atoms with E-state index < -0.39 is 0 Å². The Kier molecular flexibility index (Phi) is 3.40. The van der Waals surface area contributed by atoms with Crippen LogP contribution in [0.1, 0.15) is 48.8 Å². The maximum Gasteiger partial charge on any atom is 0.0722 e. The Morgan fingerprint density at radius 2 is 2.00 bits per heavy atom. The summed E-state index contributed by atoms with van der Waals surface area (Å²) < 4.78 is 5.68. The predicted octanol–water partition coefficient (Wildman–Crippen LogP) is 2.92. The van der Waals surface area contributed by atoms with Crippen molar-refractivity contribution in [2.75, 3.05) is 13.2 Å². The van der Waals surface area contributed by atoms with Crippen molar-refractivity contribution in [2.24, 2.45) is 5.73 Å². The van der Waals surface area contributed by atoms with Gasteiger partial charge in [0.2, 0.25) is 0 Å². The largest absolute Gasteiger partial charge is 0.376 e. The van der Waals surface area contributed by atoms with Crippen molar-refractivity contribution in [3.8, 4) is 0 Å². The maximum atomic E-state index is 6.16. The molecule has 0 unspecified atom stereocenters. The number of fused-ring (bicyclic) bond motifs is 1. The van der Waals surface area contributed by atoms with E-state index >= 15 is 0 Å². The van der Waals surface area contributed by atoms with E-state index in [4.69, 9.17) is 10.5 Å². The first-order valence-corrected chi connectivity index (χ1v) is 7.25. The van der Waals surface area contributed by atoms with Crippen LogP contribution in [-0.2, 0) is 23.2 Å². The molecular weight excluding hydrogens is 222 g/mol. The Hall–Kier alpha value is -0.860. The Morgan fingerprint density at radius 3 is 2.78 bits per heavy atom. The molecule has 18 heavy (non-hydrogen) atoms. The molecule has 1 heterocycles. The second-order valence-corrected chi connectivity index (χ2v) is 5.79. The van der Waals surface area contributed by atoms with Crippen molar-refractivity contribution < 1.29 is 4.74 Å². The molecule has 1 aromatic rings. The van der Waals surface area contributed by atoms with E-state index in [1.165, 1.54) is 48.8 Å². The van der Waals surface area contributed by atoms with Crippen molar-refractivity contribution >= 4 is 0 Å². The van der Waals surface area contributed by atoms with Crippen LogP contribution in [0.15, 0.2) is 18.2 Å². The molecule has 0 bridgehead atoms. The highest BCUT2D eigenvalue weighted by Gasteiger charge is 2.35. The third-order valence-electron chi connectivity index (χ3n) is 4.81. The molecule has 2 heteroatoms. The lowest BCUT2D eigenvalue weighted by Crippen LogP contribution is -2.38. The van der Waals surface area contributed by atoms with Gasteiger partial charge in [-0.15, -0.1) is 0 Å². The number of benzene rings is 1. The van der Waals surface area contributed by atoms with E-state index in [9.17, 15) is 0 Å². The second-order valence-electron chi connectivity index (χ2n) is 5.79. The lowest BCUT2D eigenvalue weighted by molar-refractivity contribution is 0.108. The quantitative estimate of drug-likeness (QED) is 0.869. The molecule has 2 aliphatic rings. The van der Waals surface area contributed by atoms with Crippen molar-refractivity contribution in [1.82, 2.24) is 0 Å². The Bertz CT molecular complexity index is 421. The van der Waals surface area contributed by atoms with Crippen molar-refractivity contribution in [2.45, 2.75) is 50.5 Å². The molecule has 0 radical (unpaired) electrons. The summed E-state index contributed by atoms with van der Waals surface area (Å²) in [5.41, 5.74) is 10.8. The van der Waals surface area contributed by atoms with Gasteiger partial charge in [-0.2, -0.15) is 0 Å². The lowest BCUT2D eigenvalue weighted by atomic mass is 9.67. The molecule has 1 saturated carbocycles. The van der Waals surface area contributed by atoms with Gasteiger partial charge in [-0.3, -0.25) is 0 Å². The normalized spacial score (nSPS) is 22.5. The van der Waals surface area contributed by atoms with E-state index in [1.54, 1.807) is 0 Å². The van der Waals surface area contributed by atoms with Gasteiger partial charge in [0.1, 0.15) is 0 Å². The van der Waals surface area contributed by atoms with Crippen LogP contribution >= 0.6 is 0 Å². The van der Waals surface area contributed by atoms with E-state index in [1.807, 2.05) is 0 Å². The molecule has 1 aliphatic heterocycles. The molecule has 2 nitrogen and oxygen atoms in total. The molecular formula is C16H23NO. The van der Waals surface area contributed by atoms with Crippen LogP contribution in [-0.4, -0.2) is 13.2 Å². The van der Waals surface area contributed by atoms with E-state index in [0.29, 0.717) is 0 Å². The molecule has 0 aromatic heterocycles. The van der Waals surface area contributed by atoms with E-state index in [-0.39, 0.29) is 5.41 Å². The van der Waals surface area contributed by atoms with Crippen LogP contribution in [0.2, 0.25) is 0 Å². The molecule has 1 aliphatic carbocycles. The molecule has 1 aromatic carbocycles. The highest BCUT2D eigenvalue weighted by molar-refractivity contribution is 5.41. The van der Waals surface area contributed by atoms with Crippen LogP contribution in [0.4, 0.5) is 0 Å². The fourth-order valence-corrected chi connectivity index (χ4v) is 3.70. The average Bonchev–Trinajstić information content (AvgIpc) is 2.47. The summed E-state index contributed by atoms with van der Waals surface area (Å²) in [5, 5.41) is 0. The number of rotatable bonds is 2. The Labute approximate surface area is 110 Å². The second kappa shape index (κ2) is 5.02. The van der Waals surface area contributed by atoms with Crippen LogP contribution in [0.25, 0.3) is 0 Å². The lowest BCUT2D eigenvalue weighted by Gasteiger charge is -2.39. The minimum Gasteiger partial charge on any atom is -0.376 e. The van der Waals surface area contributed by atoms with Gasteiger partial charge in [0, 0.05) is 12.0 Å². The molecule has 0 spiro atoms. The summed E-state index contributed by atoms with van der Waals surface area (Å²) in [6.45, 7) is 2.43. The smallest absolute Gasteiger partial charge is 0.0722 e. The SMILES string of the molecule is NCC1(c2cccc3c2COCC3)CCCCC1. The maximum absolute atomic E-state index is 6.16. The van der Waals surface area contributed by atoms with Gasteiger partial charge in [0.05, 0.1) is 13.2 Å². The van der Waals surface area contributed by atoms with Gasteiger partial charge in [-0.05, 0) is 36.0 Å². The summed E-state index contributed by atoms with van der Waals surface area (Å²) in [6.07, 6.45) is 7.57. The zero-order valence-electron chi connectivity index (χ0n) is 11.1. The van der Waals surface area contributed by atoms with Gasteiger partial charge < -0.3 is 10.5 Å². The van der Waals surface area contributed by atoms with Gasteiger partial charge >= 0.3 is 0 Å². The van der Waals surface area contributed by atoms with Gasteiger partial charge in [-0.1, -0.05) is 37.5 Å². The van der Waals surface area contributed by atoms with Crippen LogP contribution < -0.4 is 5.73 Å². The van der Waals surface area contributed by atoms with E-state index in [2.05, 4.69) is 18.2 Å². The highest BCUT2D eigenvalue weighted by atomic mass is 16.5. The molecule has 98 valence electrons. The van der Waals surface area contributed by atoms with Gasteiger partial charge in [-0.25, -0.2) is 0 Å². The number of nitrogens with two attached hydrogens (primary N) is 1. The Morgan fingerprint density at radius 1 is 1.17 bits per heavy atom. The highest BCUT2D eigenvalue weighted by Crippen LogP contribution is 2.41. The summed E-state index contributed by atoms with van der Waals surface area (Å²) in [7, 11) is 0. The molecule has 2 N–H and O–H groups in total. The van der Waals surface area contributed by atoms with Crippen molar-refractivity contribution in [1.29, 1.82) is 0 Å². The standard InChI is InChI=1S/C16H23NO/c17-12-16(8-2-1-3-9-16)15-6-4-5-13-7-10-18-11-14(13)15/h4-6H,1-3,7-12,17H2. The molecule has 0 amide bonds. The summed E-state index contributed by atoms with van der Waals surface area (Å²) in [4.78, 5) is 0. The summed E-state index contributed by atoms with van der Waals surface area (Å²) in [5.74, 6) is 0. The molecule has 0 saturated heterocycles. The fourth-order valence-electron chi connectivity index (χ4n) is 3.70. The zero-order valence-corrected chi connectivity index (χ0v) is 11.1. The first-order valence-electron chi connectivity index (χ1n) is 7.25. The van der Waals surface area contributed by atoms with Gasteiger partial charge in [0.15, 0.2) is 0 Å². The molecule has 0 atom stereocenters. The van der Waals surface area contributed by atoms with Crippen molar-refractivity contribution in [3.05, 3.63) is 34.9 Å². The average molecular weight is 245 g/mol. The first-order chi connectivity index (χ1) is 8.86. The molecule has 3 rings (SSSR count).